The lowest BCUT2D eigenvalue weighted by atomic mass is 10.0. The van der Waals surface area contributed by atoms with Crippen LogP contribution in [0.1, 0.15) is 6.42 Å². The third-order valence-electron chi connectivity index (χ3n) is 1.51. The summed E-state index contributed by atoms with van der Waals surface area (Å²) < 4.78 is 16.8. The topological polar surface area (TPSA) is 43.4 Å². The fourth-order valence-electron chi connectivity index (χ4n) is 0.899. The van der Waals surface area contributed by atoms with Gasteiger partial charge in [-0.1, -0.05) is 6.08 Å². The Labute approximate surface area is 62.8 Å². The van der Waals surface area contributed by atoms with Crippen LogP contribution in [-0.4, -0.2) is 18.1 Å². The zero-order valence-electron chi connectivity index (χ0n) is 5.75. The number of rotatable bonds is 2. The minimum Gasteiger partial charge on any atom is -0.393 e. The minimum atomic E-state index is -1.48. The molecule has 0 aromatic rings. The van der Waals surface area contributed by atoms with Gasteiger partial charge in [-0.25, -0.2) is 4.39 Å². The molecule has 4 heteroatoms. The van der Waals surface area contributed by atoms with Crippen LogP contribution in [0.4, 0.5) is 4.39 Å². The molecule has 0 bridgehead atoms. The highest BCUT2D eigenvalue weighted by atomic mass is 19.1. The van der Waals surface area contributed by atoms with Crippen LogP contribution in [0.15, 0.2) is 12.7 Å². The van der Waals surface area contributed by atoms with E-state index in [9.17, 15) is 14.0 Å². The molecule has 1 saturated heterocycles. The van der Waals surface area contributed by atoms with E-state index in [2.05, 4.69) is 11.3 Å². The highest BCUT2D eigenvalue weighted by Crippen LogP contribution is 2.22. The van der Waals surface area contributed by atoms with Crippen molar-refractivity contribution in [1.82, 2.24) is 0 Å². The molecule has 1 rings (SSSR count). The van der Waals surface area contributed by atoms with E-state index in [1.165, 1.54) is 0 Å². The van der Waals surface area contributed by atoms with Gasteiger partial charge in [0.25, 0.3) is 0 Å². The SMILES string of the molecule is C=CC(F)C1CC(=O)OC1=O. The largest absolute Gasteiger partial charge is 0.393 e. The van der Waals surface area contributed by atoms with Gasteiger partial charge in [0, 0.05) is 0 Å². The average Bonchev–Trinajstić information content (AvgIpc) is 2.28. The van der Waals surface area contributed by atoms with Crippen LogP contribution in [0.5, 0.6) is 0 Å². The molecule has 60 valence electrons. The number of hydrogen-bond acceptors (Lipinski definition) is 3. The molecule has 2 atom stereocenters. The van der Waals surface area contributed by atoms with Gasteiger partial charge >= 0.3 is 11.9 Å². The average molecular weight is 158 g/mol. The number of carbonyl (C=O) groups excluding carboxylic acids is 2. The number of carbonyl (C=O) groups is 2. The minimum absolute atomic E-state index is 0.175. The van der Waals surface area contributed by atoms with E-state index in [-0.39, 0.29) is 6.42 Å². The van der Waals surface area contributed by atoms with Crippen LogP contribution in [0.3, 0.4) is 0 Å². The van der Waals surface area contributed by atoms with E-state index in [1.54, 1.807) is 0 Å². The van der Waals surface area contributed by atoms with E-state index in [0.29, 0.717) is 0 Å². The molecule has 0 amide bonds. The molecule has 2 unspecified atom stereocenters. The lowest BCUT2D eigenvalue weighted by Crippen LogP contribution is -2.18. The summed E-state index contributed by atoms with van der Waals surface area (Å²) in [6, 6.07) is 0. The summed E-state index contributed by atoms with van der Waals surface area (Å²) in [5, 5.41) is 0. The second kappa shape index (κ2) is 2.82. The van der Waals surface area contributed by atoms with Crippen molar-refractivity contribution in [3.63, 3.8) is 0 Å². The van der Waals surface area contributed by atoms with Gasteiger partial charge in [0.15, 0.2) is 0 Å². The Hall–Kier alpha value is -1.19. The molecule has 0 saturated carbocycles. The molecule has 0 radical (unpaired) electrons. The van der Waals surface area contributed by atoms with Crippen LogP contribution in [0, 0.1) is 5.92 Å². The van der Waals surface area contributed by atoms with Gasteiger partial charge in [-0.2, -0.15) is 0 Å². The molecule has 1 heterocycles. The van der Waals surface area contributed by atoms with Crippen molar-refractivity contribution in [1.29, 1.82) is 0 Å². The molecule has 11 heavy (non-hydrogen) atoms. The van der Waals surface area contributed by atoms with E-state index in [0.717, 1.165) is 6.08 Å². The summed E-state index contributed by atoms with van der Waals surface area (Å²) >= 11 is 0. The van der Waals surface area contributed by atoms with E-state index in [1.807, 2.05) is 0 Å². The quantitative estimate of drug-likeness (QED) is 0.336. The first-order valence-electron chi connectivity index (χ1n) is 3.16. The predicted molar refractivity (Wildman–Crippen MR) is 34.3 cm³/mol. The number of halogens is 1. The predicted octanol–water partition coefficient (Wildman–Crippen LogP) is 0.600. The second-order valence-electron chi connectivity index (χ2n) is 2.28. The molecule has 3 nitrogen and oxygen atoms in total. The first kappa shape index (κ1) is 7.91. The Kier molecular flexibility index (Phi) is 2.03. The molecule has 0 spiro atoms. The number of esters is 2. The molecule has 0 aliphatic carbocycles. The summed E-state index contributed by atoms with van der Waals surface area (Å²) in [5.74, 6) is -2.42. The molecular formula is C7H7FO3. The van der Waals surface area contributed by atoms with Gasteiger partial charge in [-0.15, -0.1) is 6.58 Å². The van der Waals surface area contributed by atoms with Crippen molar-refractivity contribution >= 4 is 11.9 Å². The Morgan fingerprint density at radius 3 is 2.73 bits per heavy atom. The Morgan fingerprint density at radius 1 is 1.73 bits per heavy atom. The number of allylic oxidation sites excluding steroid dienone is 1. The zero-order chi connectivity index (χ0) is 8.43. The molecule has 1 aliphatic heterocycles. The van der Waals surface area contributed by atoms with Gasteiger partial charge in [-0.05, 0) is 0 Å². The smallest absolute Gasteiger partial charge is 0.320 e. The fourth-order valence-corrected chi connectivity index (χ4v) is 0.899. The van der Waals surface area contributed by atoms with Crippen molar-refractivity contribution in [2.24, 2.45) is 5.92 Å². The lowest BCUT2D eigenvalue weighted by molar-refractivity contribution is -0.153. The molecule has 0 aromatic heterocycles. The summed E-state index contributed by atoms with van der Waals surface area (Å²) in [5.41, 5.74) is 0. The van der Waals surface area contributed by atoms with Crippen molar-refractivity contribution < 1.29 is 18.7 Å². The molecule has 0 aromatic carbocycles. The summed E-state index contributed by atoms with van der Waals surface area (Å²) in [7, 11) is 0. The van der Waals surface area contributed by atoms with Gasteiger partial charge in [0.2, 0.25) is 0 Å². The highest BCUT2D eigenvalue weighted by molar-refractivity contribution is 5.95. The number of alkyl halides is 1. The van der Waals surface area contributed by atoms with Crippen LogP contribution in [0.25, 0.3) is 0 Å². The maximum absolute atomic E-state index is 12.7. The maximum Gasteiger partial charge on any atom is 0.320 e. The second-order valence-corrected chi connectivity index (χ2v) is 2.28. The Bertz CT molecular complexity index is 212. The standard InChI is InChI=1S/C7H7FO3/c1-2-5(8)4-3-6(9)11-7(4)10/h2,4-5H,1,3H2. The van der Waals surface area contributed by atoms with E-state index < -0.39 is 24.0 Å². The van der Waals surface area contributed by atoms with Crippen LogP contribution < -0.4 is 0 Å². The number of ether oxygens (including phenoxy) is 1. The highest BCUT2D eigenvalue weighted by Gasteiger charge is 2.38. The summed E-state index contributed by atoms with van der Waals surface area (Å²) in [4.78, 5) is 21.1. The Morgan fingerprint density at radius 2 is 2.36 bits per heavy atom. The maximum atomic E-state index is 12.7. The van der Waals surface area contributed by atoms with Crippen LogP contribution in [0.2, 0.25) is 0 Å². The van der Waals surface area contributed by atoms with E-state index in [4.69, 9.17) is 0 Å². The Balaban J connectivity index is 2.66. The van der Waals surface area contributed by atoms with Crippen molar-refractivity contribution in [3.05, 3.63) is 12.7 Å². The van der Waals surface area contributed by atoms with Gasteiger partial charge < -0.3 is 4.74 Å². The van der Waals surface area contributed by atoms with Gasteiger partial charge in [0.05, 0.1) is 6.42 Å². The first-order chi connectivity index (χ1) is 5.15. The molecule has 1 aliphatic rings. The van der Waals surface area contributed by atoms with Crippen molar-refractivity contribution in [2.75, 3.05) is 0 Å². The summed E-state index contributed by atoms with van der Waals surface area (Å²) in [6.07, 6.45) is -0.662. The summed E-state index contributed by atoms with van der Waals surface area (Å²) in [6.45, 7) is 3.17. The fraction of sp³-hybridized carbons (Fsp3) is 0.429. The lowest BCUT2D eigenvalue weighted by Gasteiger charge is -2.03. The number of cyclic esters (lactones) is 2. The van der Waals surface area contributed by atoms with Crippen molar-refractivity contribution in [3.8, 4) is 0 Å². The number of hydrogen-bond donors (Lipinski definition) is 0. The van der Waals surface area contributed by atoms with Gasteiger partial charge in [-0.3, -0.25) is 9.59 Å². The molecular weight excluding hydrogens is 151 g/mol. The molecule has 1 fully saturated rings. The first-order valence-corrected chi connectivity index (χ1v) is 3.16. The van der Waals surface area contributed by atoms with E-state index >= 15 is 0 Å². The monoisotopic (exact) mass is 158 g/mol. The normalized spacial score (nSPS) is 26.5. The van der Waals surface area contributed by atoms with Crippen LogP contribution in [-0.2, 0) is 14.3 Å². The zero-order valence-corrected chi connectivity index (χ0v) is 5.75. The third kappa shape index (κ3) is 1.45. The van der Waals surface area contributed by atoms with Crippen LogP contribution >= 0.6 is 0 Å². The third-order valence-corrected chi connectivity index (χ3v) is 1.51. The molecule has 0 N–H and O–H groups in total. The van der Waals surface area contributed by atoms with Crippen molar-refractivity contribution in [2.45, 2.75) is 12.6 Å². The van der Waals surface area contributed by atoms with Gasteiger partial charge in [0.1, 0.15) is 12.1 Å².